The molecule has 0 spiro atoms. The summed E-state index contributed by atoms with van der Waals surface area (Å²) in [6.45, 7) is 1.37. The first-order chi connectivity index (χ1) is 9.51. The van der Waals surface area contributed by atoms with Gasteiger partial charge in [-0.05, 0) is 25.5 Å². The second-order valence-corrected chi connectivity index (χ2v) is 8.54. The van der Waals surface area contributed by atoms with Gasteiger partial charge in [-0.3, -0.25) is 10.1 Å². The van der Waals surface area contributed by atoms with Crippen molar-refractivity contribution in [3.8, 4) is 0 Å². The molecule has 0 fully saturated rings. The first-order valence-electron chi connectivity index (χ1n) is 5.63. The Balaban J connectivity index is 3.55. The Morgan fingerprint density at radius 2 is 1.90 bits per heavy atom. The van der Waals surface area contributed by atoms with Crippen LogP contribution < -0.4 is 5.14 Å². The Hall–Kier alpha value is -1.23. The molecule has 21 heavy (non-hydrogen) atoms. The number of rotatable bonds is 6. The van der Waals surface area contributed by atoms with E-state index in [1.54, 1.807) is 0 Å². The normalized spacial score (nSPS) is 13.9. The lowest BCUT2D eigenvalue weighted by Crippen LogP contribution is -2.20. The van der Waals surface area contributed by atoms with E-state index in [0.29, 0.717) is 6.07 Å². The minimum atomic E-state index is -4.17. The molecule has 2 N–H and O–H groups in total. The van der Waals surface area contributed by atoms with Gasteiger partial charge in [-0.2, -0.15) is 0 Å². The number of alkyl halides is 1. The number of hydrogen-bond acceptors (Lipinski definition) is 6. The molecule has 0 aromatic heterocycles. The summed E-state index contributed by atoms with van der Waals surface area (Å²) in [5.41, 5.74) is -0.831. The number of sulfonamides is 1. The number of halogens is 1. The van der Waals surface area contributed by atoms with Crippen molar-refractivity contribution in [1.82, 2.24) is 0 Å². The number of benzene rings is 1. The van der Waals surface area contributed by atoms with E-state index in [4.69, 9.17) is 16.7 Å². The molecule has 118 valence electrons. The quantitative estimate of drug-likeness (QED) is 0.459. The van der Waals surface area contributed by atoms with Crippen LogP contribution in [0, 0.1) is 10.1 Å². The van der Waals surface area contributed by atoms with Gasteiger partial charge in [0.15, 0.2) is 9.84 Å². The average Bonchev–Trinajstić information content (AvgIpc) is 2.37. The van der Waals surface area contributed by atoms with Crippen LogP contribution in [0.4, 0.5) is 5.69 Å². The van der Waals surface area contributed by atoms with Gasteiger partial charge in [-0.15, -0.1) is 11.6 Å². The molecule has 8 nitrogen and oxygen atoms in total. The van der Waals surface area contributed by atoms with Gasteiger partial charge < -0.3 is 0 Å². The Labute approximate surface area is 127 Å². The number of sulfone groups is 1. The number of hydrogen-bond donors (Lipinski definition) is 1. The van der Waals surface area contributed by atoms with Crippen LogP contribution in [0.3, 0.4) is 0 Å². The second kappa shape index (κ2) is 6.26. The molecule has 0 saturated carbocycles. The SMILES string of the molecule is CC(CCCl)S(=O)(=O)c1ccc(S(N)(=O)=O)cc1[N+](=O)[O-]. The van der Waals surface area contributed by atoms with Crippen LogP contribution in [0.15, 0.2) is 28.0 Å². The number of nitrogens with two attached hydrogens (primary N) is 1. The van der Waals surface area contributed by atoms with Crippen molar-refractivity contribution in [2.45, 2.75) is 28.4 Å². The van der Waals surface area contributed by atoms with E-state index in [1.807, 2.05) is 0 Å². The van der Waals surface area contributed by atoms with E-state index >= 15 is 0 Å². The van der Waals surface area contributed by atoms with Gasteiger partial charge in [-0.1, -0.05) is 0 Å². The van der Waals surface area contributed by atoms with E-state index in [0.717, 1.165) is 12.1 Å². The van der Waals surface area contributed by atoms with Gasteiger partial charge in [0.2, 0.25) is 10.0 Å². The van der Waals surface area contributed by atoms with E-state index in [1.165, 1.54) is 6.92 Å². The van der Waals surface area contributed by atoms with Crippen LogP contribution in [-0.4, -0.2) is 32.9 Å². The summed E-state index contributed by atoms with van der Waals surface area (Å²) in [5, 5.41) is 14.9. The van der Waals surface area contributed by atoms with Gasteiger partial charge in [0.1, 0.15) is 4.90 Å². The molecule has 11 heteroatoms. The molecule has 0 bridgehead atoms. The summed E-state index contributed by atoms with van der Waals surface area (Å²) >= 11 is 5.48. The first-order valence-corrected chi connectivity index (χ1v) is 9.25. The summed E-state index contributed by atoms with van der Waals surface area (Å²) in [5.74, 6) is 0.0729. The van der Waals surface area contributed by atoms with Gasteiger partial charge in [-0.25, -0.2) is 22.0 Å². The molecule has 0 amide bonds. The summed E-state index contributed by atoms with van der Waals surface area (Å²) < 4.78 is 46.9. The predicted molar refractivity (Wildman–Crippen MR) is 76.5 cm³/mol. The number of primary sulfonamides is 1. The Bertz CT molecular complexity index is 760. The third-order valence-corrected chi connectivity index (χ3v) is 6.19. The van der Waals surface area contributed by atoms with Gasteiger partial charge in [0.05, 0.1) is 15.1 Å². The minimum absolute atomic E-state index is 0.0729. The van der Waals surface area contributed by atoms with Gasteiger partial charge in [0.25, 0.3) is 5.69 Å². The van der Waals surface area contributed by atoms with Crippen molar-refractivity contribution in [3.05, 3.63) is 28.3 Å². The topological polar surface area (TPSA) is 137 Å². The maximum atomic E-state index is 12.3. The summed E-state index contributed by atoms with van der Waals surface area (Å²) in [7, 11) is -8.17. The van der Waals surface area contributed by atoms with Crippen molar-refractivity contribution in [2.75, 3.05) is 5.88 Å². The highest BCUT2D eigenvalue weighted by Crippen LogP contribution is 2.30. The van der Waals surface area contributed by atoms with Gasteiger partial charge in [0, 0.05) is 11.9 Å². The van der Waals surface area contributed by atoms with Crippen molar-refractivity contribution >= 4 is 37.1 Å². The molecular formula is C10H13ClN2O6S2. The highest BCUT2D eigenvalue weighted by molar-refractivity contribution is 7.92. The number of nitro groups is 1. The second-order valence-electron chi connectivity index (χ2n) is 4.26. The lowest BCUT2D eigenvalue weighted by molar-refractivity contribution is -0.388. The average molecular weight is 357 g/mol. The largest absolute Gasteiger partial charge is 0.289 e. The summed E-state index contributed by atoms with van der Waals surface area (Å²) in [6.07, 6.45) is 0.109. The molecule has 1 unspecified atom stereocenters. The third kappa shape index (κ3) is 3.90. The molecular weight excluding hydrogens is 344 g/mol. The zero-order valence-electron chi connectivity index (χ0n) is 10.9. The standard InChI is InChI=1S/C10H13ClN2O6S2/c1-7(4-5-11)20(16,17)10-3-2-8(21(12,18)19)6-9(10)13(14)15/h2-3,6-7H,4-5H2,1H3,(H2,12,18,19). The molecule has 0 heterocycles. The van der Waals surface area contributed by atoms with E-state index < -0.39 is 45.5 Å². The molecule has 0 aliphatic rings. The fourth-order valence-electron chi connectivity index (χ4n) is 1.58. The van der Waals surface area contributed by atoms with E-state index in [-0.39, 0.29) is 12.3 Å². The van der Waals surface area contributed by atoms with Crippen LogP contribution in [-0.2, 0) is 19.9 Å². The van der Waals surface area contributed by atoms with Crippen LogP contribution in [0.25, 0.3) is 0 Å². The smallest absolute Gasteiger partial charge is 0.258 e. The monoisotopic (exact) mass is 356 g/mol. The van der Waals surface area contributed by atoms with Crippen LogP contribution in [0.5, 0.6) is 0 Å². The van der Waals surface area contributed by atoms with Crippen molar-refractivity contribution in [2.24, 2.45) is 5.14 Å². The zero-order valence-corrected chi connectivity index (χ0v) is 13.3. The minimum Gasteiger partial charge on any atom is -0.258 e. The molecule has 0 radical (unpaired) electrons. The highest BCUT2D eigenvalue weighted by atomic mass is 35.5. The number of nitrogens with zero attached hydrogens (tertiary/aromatic N) is 1. The molecule has 1 rings (SSSR count). The fraction of sp³-hybridized carbons (Fsp3) is 0.400. The Kier molecular flexibility index (Phi) is 5.31. The maximum Gasteiger partial charge on any atom is 0.289 e. The van der Waals surface area contributed by atoms with Crippen molar-refractivity contribution in [3.63, 3.8) is 0 Å². The summed E-state index contributed by atoms with van der Waals surface area (Å²) in [6, 6.07) is 2.43. The molecule has 1 aromatic rings. The number of nitro benzene ring substituents is 1. The fourth-order valence-corrected chi connectivity index (χ4v) is 4.12. The van der Waals surface area contributed by atoms with Crippen LogP contribution in [0.2, 0.25) is 0 Å². The van der Waals surface area contributed by atoms with Crippen molar-refractivity contribution in [1.29, 1.82) is 0 Å². The van der Waals surface area contributed by atoms with E-state index in [2.05, 4.69) is 0 Å². The molecule has 0 aliphatic carbocycles. The highest BCUT2D eigenvalue weighted by Gasteiger charge is 2.31. The first kappa shape index (κ1) is 17.8. The lowest BCUT2D eigenvalue weighted by atomic mass is 10.3. The van der Waals surface area contributed by atoms with Gasteiger partial charge >= 0.3 is 0 Å². The third-order valence-electron chi connectivity index (χ3n) is 2.81. The Morgan fingerprint density at radius 1 is 1.33 bits per heavy atom. The lowest BCUT2D eigenvalue weighted by Gasteiger charge is -2.12. The maximum absolute atomic E-state index is 12.3. The predicted octanol–water partition coefficient (Wildman–Crippen LogP) is 1.03. The Morgan fingerprint density at radius 3 is 2.33 bits per heavy atom. The molecule has 0 saturated heterocycles. The molecule has 1 atom stereocenters. The van der Waals surface area contributed by atoms with Crippen molar-refractivity contribution < 1.29 is 21.8 Å². The van der Waals surface area contributed by atoms with Crippen LogP contribution in [0.1, 0.15) is 13.3 Å². The zero-order chi connectivity index (χ0) is 16.4. The van der Waals surface area contributed by atoms with E-state index in [9.17, 15) is 26.9 Å². The van der Waals surface area contributed by atoms with Crippen LogP contribution >= 0.6 is 11.6 Å². The molecule has 1 aromatic carbocycles. The molecule has 0 aliphatic heterocycles. The summed E-state index contributed by atoms with van der Waals surface area (Å²) in [4.78, 5) is 8.96.